The molecule has 0 bridgehead atoms. The van der Waals surface area contributed by atoms with Crippen LogP contribution < -0.4 is 0 Å². The highest BCUT2D eigenvalue weighted by Gasteiger charge is 2.09. The Hall–Kier alpha value is -1.82. The minimum Gasteiger partial charge on any atom is -0.481 e. The summed E-state index contributed by atoms with van der Waals surface area (Å²) in [5.74, 6) is -2.30. The van der Waals surface area contributed by atoms with E-state index in [1.165, 1.54) is 18.2 Å². The maximum atomic E-state index is 13.9. The van der Waals surface area contributed by atoms with Crippen molar-refractivity contribution in [3.8, 4) is 0 Å². The lowest BCUT2D eigenvalue weighted by Gasteiger charge is -2.03. The third kappa shape index (κ3) is 5.09. The number of thioether (sulfide) groups is 1. The molecule has 0 unspecified atom stereocenters. The predicted octanol–water partition coefficient (Wildman–Crippen LogP) is 5.21. The minimum absolute atomic E-state index is 0.170. The van der Waals surface area contributed by atoms with Gasteiger partial charge in [0.15, 0.2) is 5.78 Å². The van der Waals surface area contributed by atoms with E-state index in [-0.39, 0.29) is 22.0 Å². The first-order chi connectivity index (χ1) is 11.4. The third-order valence-electron chi connectivity index (χ3n) is 2.94. The molecular formula is C17H11Cl2FO3S. The standard InChI is InChI=1S/C17H11Cl2FO3S/c18-12-4-1-10(7-13(12)19)2-5-15(21)11-3-6-16(14(20)8-11)24-9-17(22)23/h1-8H,9H2,(H,22,23)/b5-2+. The summed E-state index contributed by atoms with van der Waals surface area (Å²) in [6.07, 6.45) is 2.86. The molecule has 0 fully saturated rings. The lowest BCUT2D eigenvalue weighted by molar-refractivity contribution is -0.133. The molecule has 0 heterocycles. The summed E-state index contributed by atoms with van der Waals surface area (Å²) in [5.41, 5.74) is 0.857. The van der Waals surface area contributed by atoms with Crippen LogP contribution >= 0.6 is 35.0 Å². The van der Waals surface area contributed by atoms with Crippen molar-refractivity contribution < 1.29 is 19.1 Å². The summed E-state index contributed by atoms with van der Waals surface area (Å²) in [5, 5.41) is 9.39. The number of carboxylic acids is 1. The predicted molar refractivity (Wildman–Crippen MR) is 94.6 cm³/mol. The fraction of sp³-hybridized carbons (Fsp3) is 0.0588. The van der Waals surface area contributed by atoms with E-state index in [1.807, 2.05) is 0 Å². The number of carboxylic acid groups (broad SMARTS) is 1. The Bertz CT molecular complexity index is 821. The summed E-state index contributed by atoms with van der Waals surface area (Å²) in [7, 11) is 0. The van der Waals surface area contributed by atoms with E-state index in [0.717, 1.165) is 17.8 Å². The molecule has 0 aliphatic heterocycles. The topological polar surface area (TPSA) is 54.4 Å². The third-order valence-corrected chi connectivity index (χ3v) is 4.71. The van der Waals surface area contributed by atoms with Gasteiger partial charge in [-0.1, -0.05) is 35.3 Å². The van der Waals surface area contributed by atoms with Crippen LogP contribution in [-0.2, 0) is 4.79 Å². The number of allylic oxidation sites excluding steroid dienone is 1. The van der Waals surface area contributed by atoms with Crippen LogP contribution in [0.5, 0.6) is 0 Å². The van der Waals surface area contributed by atoms with Gasteiger partial charge in [0.05, 0.1) is 15.8 Å². The first-order valence-corrected chi connectivity index (χ1v) is 8.42. The Labute approximate surface area is 152 Å². The van der Waals surface area contributed by atoms with Crippen molar-refractivity contribution in [1.29, 1.82) is 0 Å². The second kappa shape index (κ2) is 8.33. The molecule has 24 heavy (non-hydrogen) atoms. The van der Waals surface area contributed by atoms with Crippen molar-refractivity contribution >= 4 is 52.8 Å². The first-order valence-electron chi connectivity index (χ1n) is 6.68. The Kier molecular flexibility index (Phi) is 6.43. The second-order valence-electron chi connectivity index (χ2n) is 4.70. The van der Waals surface area contributed by atoms with Gasteiger partial charge in [-0.3, -0.25) is 9.59 Å². The van der Waals surface area contributed by atoms with Gasteiger partial charge in [0, 0.05) is 10.5 Å². The number of benzene rings is 2. The zero-order valence-electron chi connectivity index (χ0n) is 12.1. The molecule has 0 amide bonds. The van der Waals surface area contributed by atoms with Crippen molar-refractivity contribution in [3.05, 3.63) is 69.5 Å². The van der Waals surface area contributed by atoms with E-state index in [4.69, 9.17) is 28.3 Å². The molecule has 124 valence electrons. The molecule has 0 atom stereocenters. The quantitative estimate of drug-likeness (QED) is 0.422. The normalized spacial score (nSPS) is 11.0. The molecule has 0 saturated heterocycles. The Morgan fingerprint density at radius 3 is 2.50 bits per heavy atom. The van der Waals surface area contributed by atoms with Crippen LogP contribution in [0, 0.1) is 5.82 Å². The molecule has 0 aliphatic rings. The van der Waals surface area contributed by atoms with E-state index in [2.05, 4.69) is 0 Å². The van der Waals surface area contributed by atoms with E-state index >= 15 is 0 Å². The molecule has 0 saturated carbocycles. The molecular weight excluding hydrogens is 374 g/mol. The Morgan fingerprint density at radius 1 is 1.12 bits per heavy atom. The van der Waals surface area contributed by atoms with Crippen molar-refractivity contribution in [2.45, 2.75) is 4.90 Å². The molecule has 2 aromatic rings. The van der Waals surface area contributed by atoms with Crippen molar-refractivity contribution in [3.63, 3.8) is 0 Å². The first kappa shape index (κ1) is 18.5. The van der Waals surface area contributed by atoms with Gasteiger partial charge in [-0.25, -0.2) is 4.39 Å². The number of hydrogen-bond donors (Lipinski definition) is 1. The SMILES string of the molecule is O=C(O)CSc1ccc(C(=O)/C=C/c2ccc(Cl)c(Cl)c2)cc1F. The number of rotatable bonds is 6. The van der Waals surface area contributed by atoms with E-state index < -0.39 is 11.8 Å². The summed E-state index contributed by atoms with van der Waals surface area (Å²) < 4.78 is 13.9. The van der Waals surface area contributed by atoms with Crippen molar-refractivity contribution in [2.24, 2.45) is 0 Å². The van der Waals surface area contributed by atoms with Crippen LogP contribution in [-0.4, -0.2) is 22.6 Å². The van der Waals surface area contributed by atoms with Gasteiger partial charge in [-0.2, -0.15) is 0 Å². The molecule has 3 nitrogen and oxygen atoms in total. The molecule has 7 heteroatoms. The fourth-order valence-corrected chi connectivity index (χ4v) is 2.74. The second-order valence-corrected chi connectivity index (χ2v) is 6.53. The van der Waals surface area contributed by atoms with Gasteiger partial charge in [0.25, 0.3) is 0 Å². The smallest absolute Gasteiger partial charge is 0.313 e. The van der Waals surface area contributed by atoms with Crippen molar-refractivity contribution in [1.82, 2.24) is 0 Å². The number of ketones is 1. The van der Waals surface area contributed by atoms with Crippen LogP contribution in [0.1, 0.15) is 15.9 Å². The summed E-state index contributed by atoms with van der Waals surface area (Å²) in [6.45, 7) is 0. The van der Waals surface area contributed by atoms with Crippen molar-refractivity contribution in [2.75, 3.05) is 5.75 Å². The molecule has 1 N–H and O–H groups in total. The Morgan fingerprint density at radius 2 is 1.88 bits per heavy atom. The van der Waals surface area contributed by atoms with Crippen LogP contribution in [0.2, 0.25) is 10.0 Å². The number of carbonyl (C=O) groups excluding carboxylic acids is 1. The van der Waals surface area contributed by atoms with Gasteiger partial charge in [-0.15, -0.1) is 11.8 Å². The zero-order valence-corrected chi connectivity index (χ0v) is 14.5. The van der Waals surface area contributed by atoms with Gasteiger partial charge >= 0.3 is 5.97 Å². The van der Waals surface area contributed by atoms with E-state index in [1.54, 1.807) is 24.3 Å². The molecule has 2 rings (SSSR count). The highest BCUT2D eigenvalue weighted by atomic mass is 35.5. The minimum atomic E-state index is -1.04. The van der Waals surface area contributed by atoms with E-state index in [9.17, 15) is 14.0 Å². The monoisotopic (exact) mass is 384 g/mol. The average Bonchev–Trinajstić information content (AvgIpc) is 2.54. The fourth-order valence-electron chi connectivity index (χ4n) is 1.79. The number of hydrogen-bond acceptors (Lipinski definition) is 3. The number of carbonyl (C=O) groups is 2. The van der Waals surface area contributed by atoms with Gasteiger partial charge in [0.1, 0.15) is 5.82 Å². The lowest BCUT2D eigenvalue weighted by Crippen LogP contribution is -2.00. The van der Waals surface area contributed by atoms with Crippen LogP contribution in [0.3, 0.4) is 0 Å². The zero-order chi connectivity index (χ0) is 17.7. The van der Waals surface area contributed by atoms with E-state index in [0.29, 0.717) is 15.6 Å². The summed E-state index contributed by atoms with van der Waals surface area (Å²) in [6, 6.07) is 8.86. The van der Waals surface area contributed by atoms with Gasteiger partial charge in [0.2, 0.25) is 0 Å². The summed E-state index contributed by atoms with van der Waals surface area (Å²) >= 11 is 12.6. The van der Waals surface area contributed by atoms with Crippen LogP contribution in [0.15, 0.2) is 47.4 Å². The molecule has 0 spiro atoms. The maximum Gasteiger partial charge on any atom is 0.313 e. The molecule has 2 aromatic carbocycles. The van der Waals surface area contributed by atoms with Gasteiger partial charge in [-0.05, 0) is 42.0 Å². The summed E-state index contributed by atoms with van der Waals surface area (Å²) in [4.78, 5) is 22.8. The molecule has 0 aliphatic carbocycles. The molecule has 0 radical (unpaired) electrons. The van der Waals surface area contributed by atoms with Crippen LogP contribution in [0.4, 0.5) is 4.39 Å². The number of aliphatic carboxylic acids is 1. The van der Waals surface area contributed by atoms with Crippen LogP contribution in [0.25, 0.3) is 6.08 Å². The average molecular weight is 385 g/mol. The van der Waals surface area contributed by atoms with Gasteiger partial charge < -0.3 is 5.11 Å². The highest BCUT2D eigenvalue weighted by Crippen LogP contribution is 2.24. The number of halogens is 3. The Balaban J connectivity index is 2.11. The largest absolute Gasteiger partial charge is 0.481 e. The highest BCUT2D eigenvalue weighted by molar-refractivity contribution is 8.00. The maximum absolute atomic E-state index is 13.9. The molecule has 0 aromatic heterocycles. The lowest BCUT2D eigenvalue weighted by atomic mass is 10.1.